The minimum Gasteiger partial charge on any atom is -0.497 e. The molecule has 0 aromatic heterocycles. The molecule has 0 radical (unpaired) electrons. The predicted molar refractivity (Wildman–Crippen MR) is 71.7 cm³/mol. The average Bonchev–Trinajstić information content (AvgIpc) is 3.17. The van der Waals surface area contributed by atoms with E-state index in [2.05, 4.69) is 5.32 Å². The molecule has 1 aliphatic carbocycles. The SMILES string of the molecule is COc1cc(N)cc(C(=O)NCCCC2CC2)c1. The van der Waals surface area contributed by atoms with Crippen LogP contribution in [0.3, 0.4) is 0 Å². The van der Waals surface area contributed by atoms with E-state index >= 15 is 0 Å². The van der Waals surface area contributed by atoms with E-state index in [0.29, 0.717) is 17.0 Å². The van der Waals surface area contributed by atoms with E-state index in [1.807, 2.05) is 0 Å². The molecule has 2 rings (SSSR count). The van der Waals surface area contributed by atoms with Crippen LogP contribution in [0.5, 0.6) is 5.75 Å². The summed E-state index contributed by atoms with van der Waals surface area (Å²) in [5.41, 5.74) is 6.81. The van der Waals surface area contributed by atoms with Crippen molar-refractivity contribution < 1.29 is 9.53 Å². The van der Waals surface area contributed by atoms with Crippen LogP contribution >= 0.6 is 0 Å². The third-order valence-corrected chi connectivity index (χ3v) is 3.20. The lowest BCUT2D eigenvalue weighted by Gasteiger charge is -2.08. The number of carbonyl (C=O) groups is 1. The second-order valence-corrected chi connectivity index (χ2v) is 4.84. The van der Waals surface area contributed by atoms with Gasteiger partial charge in [-0.3, -0.25) is 4.79 Å². The Bertz CT molecular complexity index is 428. The Morgan fingerprint density at radius 2 is 2.22 bits per heavy atom. The minimum atomic E-state index is -0.0867. The molecule has 0 bridgehead atoms. The first-order valence-electron chi connectivity index (χ1n) is 6.42. The quantitative estimate of drug-likeness (QED) is 0.599. The first-order chi connectivity index (χ1) is 8.69. The number of ether oxygens (including phenoxy) is 1. The van der Waals surface area contributed by atoms with Crippen LogP contribution in [-0.2, 0) is 0 Å². The molecule has 4 heteroatoms. The molecule has 1 aromatic carbocycles. The Balaban J connectivity index is 1.84. The van der Waals surface area contributed by atoms with Gasteiger partial charge >= 0.3 is 0 Å². The van der Waals surface area contributed by atoms with E-state index in [0.717, 1.165) is 18.9 Å². The van der Waals surface area contributed by atoms with Gasteiger partial charge in [0, 0.05) is 23.9 Å². The first-order valence-corrected chi connectivity index (χ1v) is 6.42. The van der Waals surface area contributed by atoms with Crippen LogP contribution in [0.1, 0.15) is 36.0 Å². The highest BCUT2D eigenvalue weighted by Crippen LogP contribution is 2.33. The summed E-state index contributed by atoms with van der Waals surface area (Å²) >= 11 is 0. The highest BCUT2D eigenvalue weighted by atomic mass is 16.5. The monoisotopic (exact) mass is 248 g/mol. The molecule has 98 valence electrons. The standard InChI is InChI=1S/C14H20N2O2/c1-18-13-8-11(7-12(15)9-13)14(17)16-6-2-3-10-4-5-10/h7-10H,2-6,15H2,1H3,(H,16,17). The number of nitrogens with two attached hydrogens (primary N) is 1. The lowest BCUT2D eigenvalue weighted by atomic mass is 10.1. The van der Waals surface area contributed by atoms with E-state index in [1.165, 1.54) is 19.3 Å². The number of hydrogen-bond donors (Lipinski definition) is 2. The normalized spacial score (nSPS) is 14.3. The summed E-state index contributed by atoms with van der Waals surface area (Å²) < 4.78 is 5.09. The number of benzene rings is 1. The second kappa shape index (κ2) is 5.76. The summed E-state index contributed by atoms with van der Waals surface area (Å²) in [6, 6.07) is 5.06. The Labute approximate surface area is 108 Å². The molecule has 0 saturated heterocycles. The van der Waals surface area contributed by atoms with Crippen molar-refractivity contribution in [1.29, 1.82) is 0 Å². The number of carbonyl (C=O) groups excluding carboxylic acids is 1. The van der Waals surface area contributed by atoms with E-state index in [1.54, 1.807) is 25.3 Å². The fourth-order valence-corrected chi connectivity index (χ4v) is 1.97. The van der Waals surface area contributed by atoms with Gasteiger partial charge in [0.05, 0.1) is 7.11 Å². The summed E-state index contributed by atoms with van der Waals surface area (Å²) in [5.74, 6) is 1.43. The first kappa shape index (κ1) is 12.7. The van der Waals surface area contributed by atoms with Gasteiger partial charge in [-0.15, -0.1) is 0 Å². The van der Waals surface area contributed by atoms with Crippen LogP contribution in [0.2, 0.25) is 0 Å². The van der Waals surface area contributed by atoms with Gasteiger partial charge < -0.3 is 15.8 Å². The Hall–Kier alpha value is -1.71. The van der Waals surface area contributed by atoms with E-state index in [-0.39, 0.29) is 5.91 Å². The zero-order valence-electron chi connectivity index (χ0n) is 10.7. The average molecular weight is 248 g/mol. The van der Waals surface area contributed by atoms with Crippen LogP contribution in [-0.4, -0.2) is 19.6 Å². The van der Waals surface area contributed by atoms with Crippen LogP contribution < -0.4 is 15.8 Å². The number of amides is 1. The molecule has 0 aliphatic heterocycles. The van der Waals surface area contributed by atoms with Crippen molar-refractivity contribution >= 4 is 11.6 Å². The molecule has 3 N–H and O–H groups in total. The van der Waals surface area contributed by atoms with Crippen LogP contribution in [0.4, 0.5) is 5.69 Å². The molecule has 1 aliphatic rings. The molecule has 1 aromatic rings. The van der Waals surface area contributed by atoms with Crippen molar-refractivity contribution in [3.05, 3.63) is 23.8 Å². The maximum absolute atomic E-state index is 11.9. The van der Waals surface area contributed by atoms with Crippen LogP contribution in [0.15, 0.2) is 18.2 Å². The third kappa shape index (κ3) is 3.65. The van der Waals surface area contributed by atoms with E-state index in [9.17, 15) is 4.79 Å². The third-order valence-electron chi connectivity index (χ3n) is 3.20. The Kier molecular flexibility index (Phi) is 4.07. The van der Waals surface area contributed by atoms with Gasteiger partial charge in [0.2, 0.25) is 0 Å². The second-order valence-electron chi connectivity index (χ2n) is 4.84. The van der Waals surface area contributed by atoms with Gasteiger partial charge in [0.15, 0.2) is 0 Å². The van der Waals surface area contributed by atoms with Crippen LogP contribution in [0, 0.1) is 5.92 Å². The van der Waals surface area contributed by atoms with Crippen molar-refractivity contribution in [3.63, 3.8) is 0 Å². The molecule has 1 fully saturated rings. The van der Waals surface area contributed by atoms with Gasteiger partial charge in [0.1, 0.15) is 5.75 Å². The zero-order valence-corrected chi connectivity index (χ0v) is 10.7. The maximum atomic E-state index is 11.9. The van der Waals surface area contributed by atoms with Crippen molar-refractivity contribution in [2.75, 3.05) is 19.4 Å². The summed E-state index contributed by atoms with van der Waals surface area (Å²) in [6.07, 6.45) is 5.00. The minimum absolute atomic E-state index is 0.0867. The van der Waals surface area contributed by atoms with Crippen molar-refractivity contribution in [2.45, 2.75) is 25.7 Å². The van der Waals surface area contributed by atoms with Crippen molar-refractivity contribution in [2.24, 2.45) is 5.92 Å². The molecule has 1 amide bonds. The Morgan fingerprint density at radius 3 is 2.89 bits per heavy atom. The van der Waals surface area contributed by atoms with Crippen LogP contribution in [0.25, 0.3) is 0 Å². The topological polar surface area (TPSA) is 64.3 Å². The molecule has 18 heavy (non-hydrogen) atoms. The maximum Gasteiger partial charge on any atom is 0.251 e. The number of rotatable bonds is 6. The molecule has 0 unspecified atom stereocenters. The summed E-state index contributed by atoms with van der Waals surface area (Å²) in [4.78, 5) is 11.9. The molecule has 4 nitrogen and oxygen atoms in total. The van der Waals surface area contributed by atoms with Gasteiger partial charge in [-0.2, -0.15) is 0 Å². The molecule has 0 spiro atoms. The van der Waals surface area contributed by atoms with E-state index in [4.69, 9.17) is 10.5 Å². The Morgan fingerprint density at radius 1 is 1.44 bits per heavy atom. The smallest absolute Gasteiger partial charge is 0.251 e. The van der Waals surface area contributed by atoms with Crippen molar-refractivity contribution in [1.82, 2.24) is 5.32 Å². The van der Waals surface area contributed by atoms with Gasteiger partial charge in [-0.05, 0) is 30.9 Å². The number of methoxy groups -OCH3 is 1. The number of hydrogen-bond acceptors (Lipinski definition) is 3. The molecular formula is C14H20N2O2. The van der Waals surface area contributed by atoms with Gasteiger partial charge in [-0.25, -0.2) is 0 Å². The zero-order chi connectivity index (χ0) is 13.0. The number of nitrogen functional groups attached to an aromatic ring is 1. The fourth-order valence-electron chi connectivity index (χ4n) is 1.97. The largest absolute Gasteiger partial charge is 0.497 e. The lowest BCUT2D eigenvalue weighted by Crippen LogP contribution is -2.24. The molecular weight excluding hydrogens is 228 g/mol. The van der Waals surface area contributed by atoms with Crippen molar-refractivity contribution in [3.8, 4) is 5.75 Å². The summed E-state index contributed by atoms with van der Waals surface area (Å²) in [5, 5.41) is 2.91. The highest BCUT2D eigenvalue weighted by molar-refractivity contribution is 5.95. The highest BCUT2D eigenvalue weighted by Gasteiger charge is 2.20. The van der Waals surface area contributed by atoms with Gasteiger partial charge in [-0.1, -0.05) is 12.8 Å². The summed E-state index contributed by atoms with van der Waals surface area (Å²) in [6.45, 7) is 0.729. The molecule has 0 atom stereocenters. The van der Waals surface area contributed by atoms with E-state index < -0.39 is 0 Å². The molecule has 0 heterocycles. The number of anilines is 1. The fraction of sp³-hybridized carbons (Fsp3) is 0.500. The van der Waals surface area contributed by atoms with Gasteiger partial charge in [0.25, 0.3) is 5.91 Å². The summed E-state index contributed by atoms with van der Waals surface area (Å²) in [7, 11) is 1.56. The predicted octanol–water partition coefficient (Wildman–Crippen LogP) is 2.20. The lowest BCUT2D eigenvalue weighted by molar-refractivity contribution is 0.0952. The molecule has 1 saturated carbocycles. The number of nitrogens with one attached hydrogen (secondary N) is 1.